The molecule has 38 heavy (non-hydrogen) atoms. The highest BCUT2D eigenvalue weighted by molar-refractivity contribution is 9.10. The second-order valence-electron chi connectivity index (χ2n) is 10.2. The molecule has 4 atom stereocenters. The number of hydrogen-bond acceptors (Lipinski definition) is 10. The van der Waals surface area contributed by atoms with Crippen molar-refractivity contribution in [1.29, 1.82) is 0 Å². The van der Waals surface area contributed by atoms with Gasteiger partial charge in [0.05, 0.1) is 24.6 Å². The molecule has 12 heteroatoms. The lowest BCUT2D eigenvalue weighted by Gasteiger charge is -2.19. The van der Waals surface area contributed by atoms with E-state index in [1.165, 1.54) is 0 Å². The van der Waals surface area contributed by atoms with Crippen LogP contribution in [0.15, 0.2) is 55.9 Å². The minimum atomic E-state index is -0.535. The van der Waals surface area contributed by atoms with Gasteiger partial charge in [-0.2, -0.15) is 0 Å². The SMILES string of the molecule is CC1(C)OC[C@@H]([C@@H]2CC(c3ccc(Br)cn3)=NO2)O1.CC1(C)OC[C@@H]([C@H]2CC(c3ccc(Br)cn3)=NO2)O1. The molecule has 10 nitrogen and oxygen atoms in total. The summed E-state index contributed by atoms with van der Waals surface area (Å²) in [5.41, 5.74) is 3.38. The van der Waals surface area contributed by atoms with Gasteiger partial charge in [-0.1, -0.05) is 10.3 Å². The number of pyridine rings is 2. The van der Waals surface area contributed by atoms with Crippen LogP contribution in [0.4, 0.5) is 0 Å². The zero-order chi connectivity index (χ0) is 26.9. The van der Waals surface area contributed by atoms with Crippen molar-refractivity contribution in [2.45, 2.75) is 76.5 Å². The molecule has 0 N–H and O–H groups in total. The fourth-order valence-corrected chi connectivity index (χ4v) is 4.85. The first-order valence-electron chi connectivity index (χ1n) is 12.4. The molecule has 2 saturated heterocycles. The van der Waals surface area contributed by atoms with E-state index in [1.54, 1.807) is 12.4 Å². The fraction of sp³-hybridized carbons (Fsp3) is 0.538. The topological polar surface area (TPSA) is 106 Å². The molecule has 0 aromatic carbocycles. The van der Waals surface area contributed by atoms with Gasteiger partial charge < -0.3 is 28.6 Å². The average Bonchev–Trinajstić information content (AvgIpc) is 3.67. The Morgan fingerprint density at radius 1 is 0.658 bits per heavy atom. The van der Waals surface area contributed by atoms with Crippen LogP contribution in [0, 0.1) is 0 Å². The number of rotatable bonds is 4. The van der Waals surface area contributed by atoms with Crippen LogP contribution in [0.1, 0.15) is 51.9 Å². The van der Waals surface area contributed by atoms with Gasteiger partial charge in [0.15, 0.2) is 23.8 Å². The molecule has 6 rings (SSSR count). The lowest BCUT2D eigenvalue weighted by atomic mass is 10.1. The van der Waals surface area contributed by atoms with Crippen LogP contribution < -0.4 is 0 Å². The standard InChI is InChI=1S/2C13H15BrN2O3/c2*1-13(2)17-7-12(18-13)11-5-10(16-19-11)9-4-3-8(14)6-15-9/h2*3-4,6,11-12H,5,7H2,1-2H3/t11-,12+;11-,12-/m10/s1. The summed E-state index contributed by atoms with van der Waals surface area (Å²) in [6.45, 7) is 8.68. The molecule has 4 aliphatic rings. The summed E-state index contributed by atoms with van der Waals surface area (Å²) in [6.07, 6.45) is 4.55. The van der Waals surface area contributed by atoms with Gasteiger partial charge in [0.1, 0.15) is 23.6 Å². The molecular formula is C26H30Br2N4O6. The highest BCUT2D eigenvalue weighted by Crippen LogP contribution is 2.31. The highest BCUT2D eigenvalue weighted by Gasteiger charge is 2.42. The Morgan fingerprint density at radius 2 is 1.08 bits per heavy atom. The molecular weight excluding hydrogens is 624 g/mol. The molecule has 0 saturated carbocycles. The van der Waals surface area contributed by atoms with E-state index < -0.39 is 11.6 Å². The zero-order valence-corrected chi connectivity index (χ0v) is 24.8. The number of halogens is 2. The van der Waals surface area contributed by atoms with Gasteiger partial charge in [-0.25, -0.2) is 0 Å². The Labute approximate surface area is 238 Å². The second kappa shape index (κ2) is 11.3. The lowest BCUT2D eigenvalue weighted by Crippen LogP contribution is -2.31. The third kappa shape index (κ3) is 6.78. The lowest BCUT2D eigenvalue weighted by molar-refractivity contribution is -0.154. The second-order valence-corrected chi connectivity index (χ2v) is 12.1. The van der Waals surface area contributed by atoms with Gasteiger partial charge in [0, 0.05) is 34.2 Å². The molecule has 0 unspecified atom stereocenters. The molecule has 0 bridgehead atoms. The summed E-state index contributed by atoms with van der Waals surface area (Å²) in [5, 5.41) is 8.23. The third-order valence-electron chi connectivity index (χ3n) is 6.32. The molecule has 0 aliphatic carbocycles. The van der Waals surface area contributed by atoms with Crippen molar-refractivity contribution in [2.24, 2.45) is 10.3 Å². The number of ether oxygens (including phenoxy) is 4. The van der Waals surface area contributed by atoms with Crippen LogP contribution in [-0.4, -0.2) is 70.6 Å². The van der Waals surface area contributed by atoms with E-state index in [1.807, 2.05) is 52.0 Å². The van der Waals surface area contributed by atoms with Crippen molar-refractivity contribution < 1.29 is 28.6 Å². The Morgan fingerprint density at radius 3 is 1.39 bits per heavy atom. The number of oxime groups is 2. The zero-order valence-electron chi connectivity index (χ0n) is 21.6. The summed E-state index contributed by atoms with van der Waals surface area (Å²) in [4.78, 5) is 19.6. The third-order valence-corrected chi connectivity index (χ3v) is 7.26. The Bertz CT molecular complexity index is 1100. The first-order chi connectivity index (χ1) is 18.1. The smallest absolute Gasteiger partial charge is 0.163 e. The van der Waals surface area contributed by atoms with Crippen molar-refractivity contribution in [3.05, 3.63) is 57.0 Å². The first-order valence-corrected chi connectivity index (χ1v) is 14.0. The first kappa shape index (κ1) is 27.6. The van der Waals surface area contributed by atoms with Gasteiger partial charge in [-0.3, -0.25) is 9.97 Å². The van der Waals surface area contributed by atoms with Crippen LogP contribution in [0.3, 0.4) is 0 Å². The molecule has 0 radical (unpaired) electrons. The van der Waals surface area contributed by atoms with Gasteiger partial charge in [0.25, 0.3) is 0 Å². The summed E-state index contributed by atoms with van der Waals surface area (Å²) in [6, 6.07) is 7.72. The van der Waals surface area contributed by atoms with Crippen molar-refractivity contribution in [3.8, 4) is 0 Å². The van der Waals surface area contributed by atoms with E-state index >= 15 is 0 Å². The van der Waals surface area contributed by atoms with Crippen molar-refractivity contribution in [3.63, 3.8) is 0 Å². The molecule has 2 fully saturated rings. The van der Waals surface area contributed by atoms with E-state index in [2.05, 4.69) is 52.1 Å². The monoisotopic (exact) mass is 652 g/mol. The Kier molecular flexibility index (Phi) is 8.18. The van der Waals surface area contributed by atoms with Crippen molar-refractivity contribution >= 4 is 43.3 Å². The maximum atomic E-state index is 5.79. The van der Waals surface area contributed by atoms with Crippen LogP contribution in [0.25, 0.3) is 0 Å². The van der Waals surface area contributed by atoms with Crippen molar-refractivity contribution in [2.75, 3.05) is 13.2 Å². The van der Waals surface area contributed by atoms with Crippen LogP contribution in [0.5, 0.6) is 0 Å². The van der Waals surface area contributed by atoms with Crippen molar-refractivity contribution in [1.82, 2.24) is 9.97 Å². The summed E-state index contributed by atoms with van der Waals surface area (Å²) in [7, 11) is 0. The van der Waals surface area contributed by atoms with E-state index in [0.29, 0.717) is 26.1 Å². The minimum absolute atomic E-state index is 0.0771. The maximum Gasteiger partial charge on any atom is 0.163 e. The molecule has 204 valence electrons. The molecule has 4 aliphatic heterocycles. The van der Waals surface area contributed by atoms with E-state index in [-0.39, 0.29) is 24.4 Å². The number of aromatic nitrogens is 2. The predicted molar refractivity (Wildman–Crippen MR) is 146 cm³/mol. The van der Waals surface area contributed by atoms with Gasteiger partial charge in [-0.15, -0.1) is 0 Å². The van der Waals surface area contributed by atoms with Gasteiger partial charge in [0.2, 0.25) is 0 Å². The number of hydrogen-bond donors (Lipinski definition) is 0. The fourth-order valence-electron chi connectivity index (χ4n) is 4.38. The minimum Gasteiger partial charge on any atom is -0.389 e. The predicted octanol–water partition coefficient (Wildman–Crippen LogP) is 4.98. The summed E-state index contributed by atoms with van der Waals surface area (Å²) in [5.74, 6) is -1.07. The molecule has 0 spiro atoms. The molecule has 2 aromatic heterocycles. The maximum absolute atomic E-state index is 5.79. The van der Waals surface area contributed by atoms with Crippen LogP contribution in [-0.2, 0) is 28.6 Å². The molecule has 2 aromatic rings. The van der Waals surface area contributed by atoms with E-state index in [9.17, 15) is 0 Å². The van der Waals surface area contributed by atoms with E-state index in [0.717, 1.165) is 31.8 Å². The Hall–Kier alpha value is -1.96. The quantitative estimate of drug-likeness (QED) is 0.455. The average molecular weight is 654 g/mol. The van der Waals surface area contributed by atoms with Gasteiger partial charge in [-0.05, 0) is 83.8 Å². The summed E-state index contributed by atoms with van der Waals surface area (Å²) < 4.78 is 24.6. The summed E-state index contributed by atoms with van der Waals surface area (Å²) >= 11 is 6.72. The van der Waals surface area contributed by atoms with E-state index in [4.69, 9.17) is 28.6 Å². The molecule has 0 amide bonds. The van der Waals surface area contributed by atoms with Crippen LogP contribution >= 0.6 is 31.9 Å². The number of nitrogens with zero attached hydrogens (tertiary/aromatic N) is 4. The largest absolute Gasteiger partial charge is 0.389 e. The van der Waals surface area contributed by atoms with Gasteiger partial charge >= 0.3 is 0 Å². The molecule has 6 heterocycles. The normalized spacial score (nSPS) is 29.1. The van der Waals surface area contributed by atoms with Crippen LogP contribution in [0.2, 0.25) is 0 Å². The Balaban J connectivity index is 0.000000155. The highest BCUT2D eigenvalue weighted by atomic mass is 79.9.